The lowest BCUT2D eigenvalue weighted by Crippen LogP contribution is -2.29. The van der Waals surface area contributed by atoms with E-state index >= 15 is 0 Å². The summed E-state index contributed by atoms with van der Waals surface area (Å²) in [5.41, 5.74) is 2.71. The van der Waals surface area contributed by atoms with Crippen LogP contribution in [0, 0.1) is 12.7 Å². The van der Waals surface area contributed by atoms with E-state index in [0.717, 1.165) is 17.2 Å². The van der Waals surface area contributed by atoms with Crippen molar-refractivity contribution >= 4 is 46.3 Å². The highest BCUT2D eigenvalue weighted by atomic mass is 35.5. The van der Waals surface area contributed by atoms with Gasteiger partial charge in [0.1, 0.15) is 23.9 Å². The molecular formula is C31H22Cl2FNO4. The van der Waals surface area contributed by atoms with E-state index in [2.05, 4.69) is 0 Å². The Hall–Kier alpha value is -4.13. The van der Waals surface area contributed by atoms with Crippen molar-refractivity contribution in [1.82, 2.24) is 0 Å². The third kappa shape index (κ3) is 5.26. The van der Waals surface area contributed by atoms with Crippen LogP contribution in [0.3, 0.4) is 0 Å². The molecule has 1 aliphatic rings. The van der Waals surface area contributed by atoms with Crippen LogP contribution in [0.2, 0.25) is 10.0 Å². The molecule has 39 heavy (non-hydrogen) atoms. The first-order chi connectivity index (χ1) is 18.7. The van der Waals surface area contributed by atoms with Crippen molar-refractivity contribution in [2.24, 2.45) is 0 Å². The molecule has 0 aromatic heterocycles. The minimum atomic E-state index is -1.00. The standard InChI is InChI=1S/C31H22Cl2FNO4/c1-18-15-21(9-14-26(18)39-17-19-5-3-2-4-6-19)29(36)27-28(20-7-10-22(32)11-8-20)35(31(38)30(27)37)23-12-13-25(34)24(33)16-23/h2-16,28,36H,17H2,1H3/b29-27+. The fourth-order valence-corrected chi connectivity index (χ4v) is 4.84. The summed E-state index contributed by atoms with van der Waals surface area (Å²) in [6, 6.07) is 24.1. The van der Waals surface area contributed by atoms with Crippen molar-refractivity contribution in [2.75, 3.05) is 4.90 Å². The van der Waals surface area contributed by atoms with Gasteiger partial charge in [-0.2, -0.15) is 0 Å². The van der Waals surface area contributed by atoms with Crippen LogP contribution in [0.25, 0.3) is 5.76 Å². The molecule has 1 saturated heterocycles. The lowest BCUT2D eigenvalue weighted by atomic mass is 9.94. The number of aryl methyl sites for hydroxylation is 1. The van der Waals surface area contributed by atoms with Crippen molar-refractivity contribution in [3.63, 3.8) is 0 Å². The molecule has 1 atom stereocenters. The topological polar surface area (TPSA) is 66.8 Å². The number of carbonyl (C=O) groups is 2. The van der Waals surface area contributed by atoms with Gasteiger partial charge in [0.05, 0.1) is 16.6 Å². The molecule has 1 unspecified atom stereocenters. The maximum absolute atomic E-state index is 13.9. The van der Waals surface area contributed by atoms with Gasteiger partial charge in [0.2, 0.25) is 0 Å². The van der Waals surface area contributed by atoms with E-state index in [-0.39, 0.29) is 22.0 Å². The zero-order chi connectivity index (χ0) is 27.7. The molecule has 0 radical (unpaired) electrons. The molecule has 0 aliphatic carbocycles. The monoisotopic (exact) mass is 561 g/mol. The number of benzene rings is 4. The molecule has 0 saturated carbocycles. The number of aliphatic hydroxyl groups is 1. The molecule has 1 N–H and O–H groups in total. The third-order valence-electron chi connectivity index (χ3n) is 6.50. The summed E-state index contributed by atoms with van der Waals surface area (Å²) in [6.07, 6.45) is 0. The highest BCUT2D eigenvalue weighted by Gasteiger charge is 2.47. The number of ether oxygens (including phenoxy) is 1. The van der Waals surface area contributed by atoms with Gasteiger partial charge in [0.25, 0.3) is 11.7 Å². The van der Waals surface area contributed by atoms with Crippen molar-refractivity contribution in [1.29, 1.82) is 0 Å². The number of halogens is 3. The Morgan fingerprint density at radius 3 is 2.33 bits per heavy atom. The molecule has 0 spiro atoms. The highest BCUT2D eigenvalue weighted by Crippen LogP contribution is 2.43. The number of rotatable bonds is 6. The lowest BCUT2D eigenvalue weighted by Gasteiger charge is -2.25. The number of aliphatic hydroxyl groups excluding tert-OH is 1. The number of ketones is 1. The van der Waals surface area contributed by atoms with Gasteiger partial charge in [-0.05, 0) is 72.1 Å². The molecule has 5 rings (SSSR count). The molecule has 196 valence electrons. The van der Waals surface area contributed by atoms with Gasteiger partial charge in [0, 0.05) is 16.3 Å². The second-order valence-corrected chi connectivity index (χ2v) is 9.92. The molecule has 1 fully saturated rings. The zero-order valence-electron chi connectivity index (χ0n) is 20.7. The number of hydrogen-bond donors (Lipinski definition) is 1. The normalized spacial score (nSPS) is 16.5. The predicted octanol–water partition coefficient (Wildman–Crippen LogP) is 7.65. The number of carbonyl (C=O) groups excluding carboxylic acids is 2. The Morgan fingerprint density at radius 1 is 0.949 bits per heavy atom. The van der Waals surface area contributed by atoms with E-state index in [9.17, 15) is 19.1 Å². The van der Waals surface area contributed by atoms with Crippen LogP contribution in [0.4, 0.5) is 10.1 Å². The molecule has 0 bridgehead atoms. The largest absolute Gasteiger partial charge is 0.507 e. The first-order valence-electron chi connectivity index (χ1n) is 12.0. The van der Waals surface area contributed by atoms with E-state index in [1.807, 2.05) is 37.3 Å². The first-order valence-corrected chi connectivity index (χ1v) is 12.8. The summed E-state index contributed by atoms with van der Waals surface area (Å²) in [4.78, 5) is 27.8. The van der Waals surface area contributed by atoms with Gasteiger partial charge >= 0.3 is 0 Å². The Kier molecular flexibility index (Phi) is 7.42. The summed E-state index contributed by atoms with van der Waals surface area (Å²) in [5.74, 6) is -2.15. The predicted molar refractivity (Wildman–Crippen MR) is 150 cm³/mol. The maximum Gasteiger partial charge on any atom is 0.300 e. The van der Waals surface area contributed by atoms with E-state index in [1.54, 1.807) is 42.5 Å². The minimum Gasteiger partial charge on any atom is -0.507 e. The van der Waals surface area contributed by atoms with E-state index in [1.165, 1.54) is 17.0 Å². The summed E-state index contributed by atoms with van der Waals surface area (Å²) in [7, 11) is 0. The minimum absolute atomic E-state index is 0.111. The van der Waals surface area contributed by atoms with E-state index in [4.69, 9.17) is 27.9 Å². The Bertz CT molecular complexity index is 1600. The van der Waals surface area contributed by atoms with Crippen LogP contribution in [0.1, 0.15) is 28.3 Å². The van der Waals surface area contributed by atoms with Gasteiger partial charge in [0.15, 0.2) is 0 Å². The van der Waals surface area contributed by atoms with Gasteiger partial charge < -0.3 is 9.84 Å². The first kappa shape index (κ1) is 26.5. The number of nitrogens with zero attached hydrogens (tertiary/aromatic N) is 1. The third-order valence-corrected chi connectivity index (χ3v) is 7.04. The van der Waals surface area contributed by atoms with Crippen LogP contribution >= 0.6 is 23.2 Å². The smallest absolute Gasteiger partial charge is 0.300 e. The van der Waals surface area contributed by atoms with Crippen LogP contribution < -0.4 is 9.64 Å². The summed E-state index contributed by atoms with van der Waals surface area (Å²) in [6.45, 7) is 2.20. The van der Waals surface area contributed by atoms with E-state index < -0.39 is 23.5 Å². The quantitative estimate of drug-likeness (QED) is 0.149. The van der Waals surface area contributed by atoms with Crippen molar-refractivity contribution in [2.45, 2.75) is 19.6 Å². The molecule has 1 amide bonds. The molecule has 8 heteroatoms. The van der Waals surface area contributed by atoms with Crippen molar-refractivity contribution in [3.05, 3.63) is 135 Å². The maximum atomic E-state index is 13.9. The summed E-state index contributed by atoms with van der Waals surface area (Å²) >= 11 is 12.1. The van der Waals surface area contributed by atoms with Crippen LogP contribution in [-0.2, 0) is 16.2 Å². The second-order valence-electron chi connectivity index (χ2n) is 9.07. The highest BCUT2D eigenvalue weighted by molar-refractivity contribution is 6.51. The van der Waals surface area contributed by atoms with Gasteiger partial charge in [-0.1, -0.05) is 65.7 Å². The summed E-state index contributed by atoms with van der Waals surface area (Å²) in [5, 5.41) is 11.7. The number of anilines is 1. The number of Topliss-reactive ketones (excluding diaryl/α,β-unsaturated/α-hetero) is 1. The molecule has 5 nitrogen and oxygen atoms in total. The van der Waals surface area contributed by atoms with Gasteiger partial charge in [-0.25, -0.2) is 4.39 Å². The summed E-state index contributed by atoms with van der Waals surface area (Å²) < 4.78 is 19.8. The lowest BCUT2D eigenvalue weighted by molar-refractivity contribution is -0.132. The average Bonchev–Trinajstić information content (AvgIpc) is 3.20. The fourth-order valence-electron chi connectivity index (χ4n) is 4.54. The van der Waals surface area contributed by atoms with Gasteiger partial charge in [-0.3, -0.25) is 14.5 Å². The SMILES string of the molecule is Cc1cc(/C(O)=C2\C(=O)C(=O)N(c3ccc(F)c(Cl)c3)C2c2ccc(Cl)cc2)ccc1OCc1ccccc1. The zero-order valence-corrected chi connectivity index (χ0v) is 22.2. The Morgan fingerprint density at radius 2 is 1.67 bits per heavy atom. The molecule has 1 heterocycles. The molecule has 4 aromatic carbocycles. The average molecular weight is 562 g/mol. The van der Waals surface area contributed by atoms with Crippen LogP contribution in [0.15, 0.2) is 96.6 Å². The Balaban J connectivity index is 1.57. The molecular weight excluding hydrogens is 540 g/mol. The van der Waals surface area contributed by atoms with E-state index in [0.29, 0.717) is 28.5 Å². The van der Waals surface area contributed by atoms with Crippen LogP contribution in [0.5, 0.6) is 5.75 Å². The number of amides is 1. The van der Waals surface area contributed by atoms with Crippen LogP contribution in [-0.4, -0.2) is 16.8 Å². The second kappa shape index (κ2) is 10.9. The Labute approximate surface area is 234 Å². The molecule has 4 aromatic rings. The number of hydrogen-bond acceptors (Lipinski definition) is 4. The van der Waals surface area contributed by atoms with Crippen molar-refractivity contribution < 1.29 is 23.8 Å². The molecule has 1 aliphatic heterocycles. The van der Waals surface area contributed by atoms with Gasteiger partial charge in [-0.15, -0.1) is 0 Å². The fraction of sp³-hybridized carbons (Fsp3) is 0.0968. The van der Waals surface area contributed by atoms with Crippen molar-refractivity contribution in [3.8, 4) is 5.75 Å².